The molecule has 3 rings (SSSR count). The predicted octanol–water partition coefficient (Wildman–Crippen LogP) is 2.16. The van der Waals surface area contributed by atoms with Gasteiger partial charge >= 0.3 is 0 Å². The molecule has 1 aliphatic heterocycles. The van der Waals surface area contributed by atoms with Crippen LogP contribution >= 0.6 is 0 Å². The summed E-state index contributed by atoms with van der Waals surface area (Å²) < 4.78 is 5.44. The van der Waals surface area contributed by atoms with Gasteiger partial charge in [-0.25, -0.2) is 0 Å². The normalized spacial score (nSPS) is 19.5. The fourth-order valence-corrected chi connectivity index (χ4v) is 2.50. The molecule has 100 valence electrons. The molecular weight excluding hydrogens is 240 g/mol. The summed E-state index contributed by atoms with van der Waals surface area (Å²) in [5.41, 5.74) is 2.17. The first-order valence-electron chi connectivity index (χ1n) is 6.86. The van der Waals surface area contributed by atoms with Crippen molar-refractivity contribution in [2.45, 2.75) is 32.1 Å². The van der Waals surface area contributed by atoms with Crippen LogP contribution in [0.15, 0.2) is 23.0 Å². The van der Waals surface area contributed by atoms with E-state index in [1.54, 1.807) is 6.20 Å². The molecule has 0 spiro atoms. The van der Waals surface area contributed by atoms with Gasteiger partial charge in [-0.15, -0.1) is 0 Å². The average Bonchev–Trinajstić information content (AvgIpc) is 2.98. The van der Waals surface area contributed by atoms with Gasteiger partial charge in [0.1, 0.15) is 0 Å². The summed E-state index contributed by atoms with van der Waals surface area (Å²) in [5.74, 6) is 1.78. The van der Waals surface area contributed by atoms with Gasteiger partial charge in [-0.3, -0.25) is 4.98 Å². The minimum Gasteiger partial charge on any atom is -0.339 e. The maximum atomic E-state index is 5.44. The van der Waals surface area contributed by atoms with Crippen LogP contribution in [0.2, 0.25) is 0 Å². The summed E-state index contributed by atoms with van der Waals surface area (Å²) in [5, 5.41) is 7.50. The molecule has 1 saturated heterocycles. The second-order valence-corrected chi connectivity index (χ2v) is 4.89. The highest BCUT2D eigenvalue weighted by Crippen LogP contribution is 2.25. The zero-order valence-corrected chi connectivity index (χ0v) is 11.1. The topological polar surface area (TPSA) is 63.8 Å². The summed E-state index contributed by atoms with van der Waals surface area (Å²) in [6.07, 6.45) is 6.84. The molecule has 5 nitrogen and oxygen atoms in total. The molecule has 0 saturated carbocycles. The fourth-order valence-electron chi connectivity index (χ4n) is 2.50. The van der Waals surface area contributed by atoms with Gasteiger partial charge in [0.15, 0.2) is 0 Å². The van der Waals surface area contributed by atoms with Crippen LogP contribution in [0.3, 0.4) is 0 Å². The molecule has 0 aliphatic carbocycles. The number of hydrogen-bond donors (Lipinski definition) is 1. The van der Waals surface area contributed by atoms with E-state index in [2.05, 4.69) is 27.4 Å². The number of nitrogens with one attached hydrogen (secondary N) is 1. The second kappa shape index (κ2) is 5.48. The highest BCUT2D eigenvalue weighted by atomic mass is 16.5. The molecule has 3 heterocycles. The van der Waals surface area contributed by atoms with Crippen molar-refractivity contribution in [3.8, 4) is 11.4 Å². The molecule has 0 aromatic carbocycles. The Hall–Kier alpha value is -1.75. The number of hydrogen-bond acceptors (Lipinski definition) is 5. The Morgan fingerprint density at radius 3 is 3.21 bits per heavy atom. The molecule has 0 unspecified atom stereocenters. The molecule has 2 aromatic rings. The van der Waals surface area contributed by atoms with Crippen LogP contribution in [0, 0.1) is 0 Å². The molecule has 5 heteroatoms. The summed E-state index contributed by atoms with van der Waals surface area (Å²) in [6, 6.07) is 1.95. The minimum atomic E-state index is 0.349. The maximum absolute atomic E-state index is 5.44. The van der Waals surface area contributed by atoms with Crippen molar-refractivity contribution >= 4 is 0 Å². The maximum Gasteiger partial charge on any atom is 0.231 e. The van der Waals surface area contributed by atoms with Crippen molar-refractivity contribution in [1.29, 1.82) is 0 Å². The van der Waals surface area contributed by atoms with E-state index in [-0.39, 0.29) is 0 Å². The highest BCUT2D eigenvalue weighted by Gasteiger charge is 2.22. The quantitative estimate of drug-likeness (QED) is 0.914. The Bertz CT molecular complexity index is 546. The molecule has 1 atom stereocenters. The Balaban J connectivity index is 1.88. The lowest BCUT2D eigenvalue weighted by Crippen LogP contribution is -2.28. The Morgan fingerprint density at radius 2 is 2.42 bits per heavy atom. The standard InChI is InChI=1S/C14H18N4O/c1-2-10-8-16-7-5-12(10)13-17-14(19-18-13)11-4-3-6-15-9-11/h5,7-8,11,15H,2-4,6,9H2,1H3/t11-/m0/s1. The first-order valence-corrected chi connectivity index (χ1v) is 6.86. The van der Waals surface area contributed by atoms with Crippen LogP contribution in [0.25, 0.3) is 11.4 Å². The zero-order valence-electron chi connectivity index (χ0n) is 11.1. The number of nitrogens with zero attached hydrogens (tertiary/aromatic N) is 3. The van der Waals surface area contributed by atoms with E-state index in [9.17, 15) is 0 Å². The van der Waals surface area contributed by atoms with Crippen molar-refractivity contribution in [1.82, 2.24) is 20.4 Å². The number of rotatable bonds is 3. The molecule has 19 heavy (non-hydrogen) atoms. The minimum absolute atomic E-state index is 0.349. The Morgan fingerprint density at radius 1 is 1.47 bits per heavy atom. The molecule has 1 aliphatic rings. The molecule has 0 bridgehead atoms. The van der Waals surface area contributed by atoms with E-state index in [1.807, 2.05) is 12.3 Å². The van der Waals surface area contributed by atoms with E-state index < -0.39 is 0 Å². The number of pyridine rings is 1. The van der Waals surface area contributed by atoms with Gasteiger partial charge in [0.2, 0.25) is 11.7 Å². The summed E-state index contributed by atoms with van der Waals surface area (Å²) in [6.45, 7) is 4.12. The first kappa shape index (κ1) is 12.3. The largest absolute Gasteiger partial charge is 0.339 e. The summed E-state index contributed by atoms with van der Waals surface area (Å²) >= 11 is 0. The fraction of sp³-hybridized carbons (Fsp3) is 0.500. The van der Waals surface area contributed by atoms with E-state index in [4.69, 9.17) is 4.52 Å². The number of aryl methyl sites for hydroxylation is 1. The van der Waals surface area contributed by atoms with Gasteiger partial charge in [-0.05, 0) is 37.4 Å². The Kier molecular flexibility index (Phi) is 3.55. The summed E-state index contributed by atoms with van der Waals surface area (Å²) in [7, 11) is 0. The van der Waals surface area contributed by atoms with E-state index in [0.717, 1.165) is 49.4 Å². The smallest absolute Gasteiger partial charge is 0.231 e. The van der Waals surface area contributed by atoms with Gasteiger partial charge in [-0.1, -0.05) is 12.1 Å². The van der Waals surface area contributed by atoms with Crippen LogP contribution in [-0.2, 0) is 6.42 Å². The van der Waals surface area contributed by atoms with Crippen molar-refractivity contribution in [3.63, 3.8) is 0 Å². The average molecular weight is 258 g/mol. The zero-order chi connectivity index (χ0) is 13.1. The monoisotopic (exact) mass is 258 g/mol. The van der Waals surface area contributed by atoms with E-state index in [1.165, 1.54) is 0 Å². The van der Waals surface area contributed by atoms with Crippen molar-refractivity contribution in [3.05, 3.63) is 29.9 Å². The molecule has 0 radical (unpaired) electrons. The van der Waals surface area contributed by atoms with Gasteiger partial charge < -0.3 is 9.84 Å². The van der Waals surface area contributed by atoms with Crippen molar-refractivity contribution < 1.29 is 4.52 Å². The predicted molar refractivity (Wildman–Crippen MR) is 71.8 cm³/mol. The van der Waals surface area contributed by atoms with Gasteiger partial charge in [-0.2, -0.15) is 4.98 Å². The van der Waals surface area contributed by atoms with Gasteiger partial charge in [0, 0.05) is 24.5 Å². The number of piperidine rings is 1. The molecule has 1 N–H and O–H groups in total. The van der Waals surface area contributed by atoms with Crippen LogP contribution in [-0.4, -0.2) is 28.2 Å². The summed E-state index contributed by atoms with van der Waals surface area (Å²) in [4.78, 5) is 8.71. The SMILES string of the molecule is CCc1cnccc1-c1noc([C@H]2CCCNC2)n1. The first-order chi connectivity index (χ1) is 9.38. The van der Waals surface area contributed by atoms with E-state index in [0.29, 0.717) is 11.7 Å². The molecule has 1 fully saturated rings. The van der Waals surface area contributed by atoms with Crippen molar-refractivity contribution in [2.75, 3.05) is 13.1 Å². The van der Waals surface area contributed by atoms with Gasteiger partial charge in [0.25, 0.3) is 0 Å². The van der Waals surface area contributed by atoms with Crippen LogP contribution < -0.4 is 5.32 Å². The second-order valence-electron chi connectivity index (χ2n) is 4.89. The van der Waals surface area contributed by atoms with Crippen LogP contribution in [0.5, 0.6) is 0 Å². The van der Waals surface area contributed by atoms with Gasteiger partial charge in [0.05, 0.1) is 5.92 Å². The third-order valence-electron chi connectivity index (χ3n) is 3.61. The van der Waals surface area contributed by atoms with E-state index >= 15 is 0 Å². The molecule has 0 amide bonds. The van der Waals surface area contributed by atoms with Crippen LogP contribution in [0.1, 0.15) is 37.1 Å². The lowest BCUT2D eigenvalue weighted by molar-refractivity contribution is 0.322. The van der Waals surface area contributed by atoms with Crippen LogP contribution in [0.4, 0.5) is 0 Å². The van der Waals surface area contributed by atoms with Crippen molar-refractivity contribution in [2.24, 2.45) is 0 Å². The number of aromatic nitrogens is 3. The third-order valence-corrected chi connectivity index (χ3v) is 3.61. The highest BCUT2D eigenvalue weighted by molar-refractivity contribution is 5.58. The molecular formula is C14H18N4O. The third kappa shape index (κ3) is 2.51. The lowest BCUT2D eigenvalue weighted by Gasteiger charge is -2.18. The Labute approximate surface area is 112 Å². The molecule has 2 aromatic heterocycles. The lowest BCUT2D eigenvalue weighted by atomic mass is 10.00.